The molecule has 1 aliphatic carbocycles. The maximum atomic E-state index is 13.2. The van der Waals surface area contributed by atoms with Crippen LogP contribution in [0.5, 0.6) is 0 Å². The summed E-state index contributed by atoms with van der Waals surface area (Å²) in [6.45, 7) is 5.18. The Labute approximate surface area is 137 Å². The summed E-state index contributed by atoms with van der Waals surface area (Å²) in [5.41, 5.74) is -0.665. The predicted molar refractivity (Wildman–Crippen MR) is 84.0 cm³/mol. The second-order valence-electron chi connectivity index (χ2n) is 6.42. The molecule has 1 atom stereocenters. The normalized spacial score (nSPS) is 20.7. The van der Waals surface area contributed by atoms with Crippen LogP contribution in [-0.4, -0.2) is 33.9 Å². The van der Waals surface area contributed by atoms with Crippen LogP contribution in [0.25, 0.3) is 0 Å². The molecule has 0 unspecified atom stereocenters. The molecule has 122 valence electrons. The number of amides is 1. The van der Waals surface area contributed by atoms with Crippen LogP contribution in [0.15, 0.2) is 0 Å². The Morgan fingerprint density at radius 2 is 1.86 bits per heavy atom. The molecular weight excluding hydrogens is 395 g/mol. The SMILES string of the molecule is CC(C)(C)OC(=O)N[C@H](C(=O)CI)C1CCC(F)(F)CC1. The van der Waals surface area contributed by atoms with E-state index in [4.69, 9.17) is 4.74 Å². The Morgan fingerprint density at radius 1 is 1.33 bits per heavy atom. The van der Waals surface area contributed by atoms with E-state index in [0.29, 0.717) is 0 Å². The van der Waals surface area contributed by atoms with Gasteiger partial charge in [-0.2, -0.15) is 0 Å². The van der Waals surface area contributed by atoms with Gasteiger partial charge >= 0.3 is 6.09 Å². The number of Topliss-reactive ketones (excluding diaryl/α,β-unsaturated/α-hetero) is 1. The maximum Gasteiger partial charge on any atom is 0.408 e. The molecule has 0 aromatic heterocycles. The van der Waals surface area contributed by atoms with Crippen LogP contribution < -0.4 is 5.32 Å². The molecule has 0 aliphatic heterocycles. The Bertz CT molecular complexity index is 386. The number of rotatable bonds is 4. The summed E-state index contributed by atoms with van der Waals surface area (Å²) in [6, 6.07) is -0.743. The molecule has 0 spiro atoms. The van der Waals surface area contributed by atoms with E-state index in [1.54, 1.807) is 20.8 Å². The lowest BCUT2D eigenvalue weighted by Crippen LogP contribution is -2.49. The molecule has 0 aromatic carbocycles. The Morgan fingerprint density at radius 3 is 2.29 bits per heavy atom. The van der Waals surface area contributed by atoms with E-state index < -0.39 is 23.7 Å². The van der Waals surface area contributed by atoms with Gasteiger partial charge in [-0.15, -0.1) is 0 Å². The number of ether oxygens (including phenoxy) is 1. The lowest BCUT2D eigenvalue weighted by molar-refractivity contribution is -0.121. The van der Waals surface area contributed by atoms with Crippen molar-refractivity contribution in [1.82, 2.24) is 5.32 Å². The van der Waals surface area contributed by atoms with Crippen molar-refractivity contribution >= 4 is 34.5 Å². The zero-order valence-electron chi connectivity index (χ0n) is 12.5. The molecule has 1 rings (SSSR count). The highest BCUT2D eigenvalue weighted by Gasteiger charge is 2.40. The second-order valence-corrected chi connectivity index (χ2v) is 7.18. The van der Waals surface area contributed by atoms with Crippen molar-refractivity contribution in [3.8, 4) is 0 Å². The van der Waals surface area contributed by atoms with E-state index in [2.05, 4.69) is 5.32 Å². The average molecular weight is 417 g/mol. The summed E-state index contributed by atoms with van der Waals surface area (Å²) in [4.78, 5) is 23.8. The third-order valence-corrected chi connectivity index (χ3v) is 4.14. The Balaban J connectivity index is 2.69. The van der Waals surface area contributed by atoms with Crippen LogP contribution >= 0.6 is 22.6 Å². The standard InChI is InChI=1S/C14H22F2INO3/c1-13(2,3)21-12(20)18-11(10(19)8-17)9-4-6-14(15,16)7-5-9/h9,11H,4-8H2,1-3H3,(H,18,20)/t11-/m0/s1. The minimum absolute atomic E-state index is 0.156. The number of hydrogen-bond acceptors (Lipinski definition) is 3. The lowest BCUT2D eigenvalue weighted by Gasteiger charge is -2.33. The molecule has 1 fully saturated rings. The van der Waals surface area contributed by atoms with Crippen LogP contribution in [0.2, 0.25) is 0 Å². The molecule has 1 aliphatic rings. The van der Waals surface area contributed by atoms with Crippen molar-refractivity contribution < 1.29 is 23.1 Å². The van der Waals surface area contributed by atoms with E-state index in [1.807, 2.05) is 22.6 Å². The van der Waals surface area contributed by atoms with Crippen molar-refractivity contribution in [2.75, 3.05) is 4.43 Å². The first kappa shape index (κ1) is 18.6. The lowest BCUT2D eigenvalue weighted by atomic mass is 9.81. The van der Waals surface area contributed by atoms with E-state index in [-0.39, 0.29) is 41.8 Å². The van der Waals surface area contributed by atoms with Gasteiger partial charge in [-0.25, -0.2) is 13.6 Å². The molecule has 0 saturated heterocycles. The zero-order chi connectivity index (χ0) is 16.3. The number of hydrogen-bond donors (Lipinski definition) is 1. The summed E-state index contributed by atoms with van der Waals surface area (Å²) >= 11 is 1.92. The van der Waals surface area contributed by atoms with Gasteiger partial charge < -0.3 is 10.1 Å². The van der Waals surface area contributed by atoms with Crippen molar-refractivity contribution in [2.45, 2.75) is 64.0 Å². The van der Waals surface area contributed by atoms with Crippen molar-refractivity contribution in [1.29, 1.82) is 0 Å². The smallest absolute Gasteiger partial charge is 0.408 e. The molecule has 0 bridgehead atoms. The first-order chi connectivity index (χ1) is 9.54. The third kappa shape index (κ3) is 6.44. The van der Waals surface area contributed by atoms with Gasteiger partial charge in [0, 0.05) is 12.8 Å². The molecule has 1 saturated carbocycles. The molecule has 0 radical (unpaired) electrons. The van der Waals surface area contributed by atoms with Gasteiger partial charge in [-0.3, -0.25) is 4.79 Å². The summed E-state index contributed by atoms with van der Waals surface area (Å²) in [6.07, 6.45) is -0.689. The van der Waals surface area contributed by atoms with Gasteiger partial charge in [0.1, 0.15) is 5.60 Å². The monoisotopic (exact) mass is 417 g/mol. The van der Waals surface area contributed by atoms with Crippen LogP contribution in [0, 0.1) is 5.92 Å². The molecule has 0 heterocycles. The number of alkyl carbamates (subject to hydrolysis) is 1. The number of halogens is 3. The summed E-state index contributed by atoms with van der Waals surface area (Å²) in [5, 5.41) is 2.56. The Hall–Kier alpha value is -0.470. The molecular formula is C14H22F2INO3. The van der Waals surface area contributed by atoms with E-state index in [0.717, 1.165) is 0 Å². The van der Waals surface area contributed by atoms with Gasteiger partial charge in [0.15, 0.2) is 5.78 Å². The zero-order valence-corrected chi connectivity index (χ0v) is 14.7. The average Bonchev–Trinajstić information content (AvgIpc) is 2.33. The van der Waals surface area contributed by atoms with E-state index >= 15 is 0 Å². The number of carbonyl (C=O) groups excluding carboxylic acids is 2. The van der Waals surface area contributed by atoms with Gasteiger partial charge in [-0.1, -0.05) is 22.6 Å². The molecule has 0 aromatic rings. The molecule has 1 amide bonds. The molecule has 7 heteroatoms. The minimum Gasteiger partial charge on any atom is -0.444 e. The minimum atomic E-state index is -2.65. The van der Waals surface area contributed by atoms with Crippen molar-refractivity contribution in [3.63, 3.8) is 0 Å². The van der Waals surface area contributed by atoms with Crippen LogP contribution in [0.3, 0.4) is 0 Å². The van der Waals surface area contributed by atoms with Gasteiger partial charge in [0.05, 0.1) is 10.5 Å². The topological polar surface area (TPSA) is 55.4 Å². The van der Waals surface area contributed by atoms with Crippen LogP contribution in [0.4, 0.5) is 13.6 Å². The molecule has 1 N–H and O–H groups in total. The third-order valence-electron chi connectivity index (χ3n) is 3.38. The van der Waals surface area contributed by atoms with Crippen molar-refractivity contribution in [2.24, 2.45) is 5.92 Å². The van der Waals surface area contributed by atoms with Gasteiger partial charge in [0.2, 0.25) is 5.92 Å². The second kappa shape index (κ2) is 7.19. The number of alkyl halides is 3. The maximum absolute atomic E-state index is 13.2. The van der Waals surface area contributed by atoms with E-state index in [1.165, 1.54) is 0 Å². The molecule has 4 nitrogen and oxygen atoms in total. The largest absolute Gasteiger partial charge is 0.444 e. The first-order valence-electron chi connectivity index (χ1n) is 7.00. The fourth-order valence-corrected chi connectivity index (χ4v) is 2.85. The summed E-state index contributed by atoms with van der Waals surface area (Å²) in [7, 11) is 0. The Kier molecular flexibility index (Phi) is 6.36. The number of carbonyl (C=O) groups is 2. The summed E-state index contributed by atoms with van der Waals surface area (Å²) in [5.74, 6) is -3.06. The van der Waals surface area contributed by atoms with E-state index in [9.17, 15) is 18.4 Å². The fourth-order valence-electron chi connectivity index (χ4n) is 2.37. The summed E-state index contributed by atoms with van der Waals surface area (Å²) < 4.78 is 31.8. The van der Waals surface area contributed by atoms with Crippen LogP contribution in [-0.2, 0) is 9.53 Å². The molecule has 21 heavy (non-hydrogen) atoms. The highest BCUT2D eigenvalue weighted by molar-refractivity contribution is 14.1. The first-order valence-corrected chi connectivity index (χ1v) is 8.53. The quantitative estimate of drug-likeness (QED) is 0.561. The number of nitrogens with one attached hydrogen (secondary N) is 1. The fraction of sp³-hybridized carbons (Fsp3) is 0.857. The van der Waals surface area contributed by atoms with Gasteiger partial charge in [0.25, 0.3) is 0 Å². The van der Waals surface area contributed by atoms with Crippen molar-refractivity contribution in [3.05, 3.63) is 0 Å². The van der Waals surface area contributed by atoms with Gasteiger partial charge in [-0.05, 0) is 39.5 Å². The van der Waals surface area contributed by atoms with Crippen LogP contribution in [0.1, 0.15) is 46.5 Å². The predicted octanol–water partition coefficient (Wildman–Crippen LogP) is 3.71. The highest BCUT2D eigenvalue weighted by atomic mass is 127. The number of ketones is 1. The highest BCUT2D eigenvalue weighted by Crippen LogP contribution is 2.37.